The van der Waals surface area contributed by atoms with Crippen LogP contribution in [0.25, 0.3) is 0 Å². The van der Waals surface area contributed by atoms with Crippen LogP contribution in [0.1, 0.15) is 49.9 Å². The van der Waals surface area contributed by atoms with Gasteiger partial charge in [0.25, 0.3) is 5.91 Å². The van der Waals surface area contributed by atoms with Crippen LogP contribution in [-0.2, 0) is 0 Å². The molecule has 0 aromatic carbocycles. The maximum absolute atomic E-state index is 13.5. The number of rotatable bonds is 5. The summed E-state index contributed by atoms with van der Waals surface area (Å²) in [6, 6.07) is 1.55. The van der Waals surface area contributed by atoms with Crippen molar-refractivity contribution in [3.05, 3.63) is 23.6 Å². The molecule has 1 N–H and O–H groups in total. The molecule has 116 valence electrons. The SMILES string of the molecule is CNc1ncc(F)cc1C(=O)N(CC(C)C)C1CCCC1. The van der Waals surface area contributed by atoms with Crippen LogP contribution in [0.2, 0.25) is 0 Å². The predicted octanol–water partition coefficient (Wildman–Crippen LogP) is 3.30. The highest BCUT2D eigenvalue weighted by Crippen LogP contribution is 2.27. The number of carbonyl (C=O) groups excluding carboxylic acids is 1. The second kappa shape index (κ2) is 6.87. The first-order valence-electron chi connectivity index (χ1n) is 7.67. The highest BCUT2D eigenvalue weighted by molar-refractivity contribution is 5.99. The fraction of sp³-hybridized carbons (Fsp3) is 0.625. The van der Waals surface area contributed by atoms with E-state index in [0.717, 1.165) is 31.9 Å². The predicted molar refractivity (Wildman–Crippen MR) is 81.9 cm³/mol. The van der Waals surface area contributed by atoms with Crippen molar-refractivity contribution in [1.82, 2.24) is 9.88 Å². The Morgan fingerprint density at radius 2 is 2.14 bits per heavy atom. The zero-order valence-corrected chi connectivity index (χ0v) is 13.0. The van der Waals surface area contributed by atoms with Gasteiger partial charge in [0.15, 0.2) is 0 Å². The Balaban J connectivity index is 2.30. The number of anilines is 1. The van der Waals surface area contributed by atoms with Crippen LogP contribution in [0, 0.1) is 11.7 Å². The minimum Gasteiger partial charge on any atom is -0.372 e. The fourth-order valence-corrected chi connectivity index (χ4v) is 2.96. The van der Waals surface area contributed by atoms with Gasteiger partial charge in [-0.15, -0.1) is 0 Å². The summed E-state index contributed by atoms with van der Waals surface area (Å²) in [6.45, 7) is 4.89. The van der Waals surface area contributed by atoms with Gasteiger partial charge >= 0.3 is 0 Å². The number of halogens is 1. The van der Waals surface area contributed by atoms with Crippen molar-refractivity contribution >= 4 is 11.7 Å². The molecule has 0 aliphatic heterocycles. The van der Waals surface area contributed by atoms with Crippen LogP contribution in [0.15, 0.2) is 12.3 Å². The molecule has 21 heavy (non-hydrogen) atoms. The largest absolute Gasteiger partial charge is 0.372 e. The molecule has 0 saturated heterocycles. The van der Waals surface area contributed by atoms with Gasteiger partial charge in [0.2, 0.25) is 0 Å². The second-order valence-electron chi connectivity index (χ2n) is 6.09. The number of hydrogen-bond donors (Lipinski definition) is 1. The monoisotopic (exact) mass is 293 g/mol. The van der Waals surface area contributed by atoms with Crippen molar-refractivity contribution in [1.29, 1.82) is 0 Å². The fourth-order valence-electron chi connectivity index (χ4n) is 2.96. The Bertz CT molecular complexity index is 498. The number of nitrogens with zero attached hydrogens (tertiary/aromatic N) is 2. The molecule has 4 nitrogen and oxygen atoms in total. The third-order valence-corrected chi connectivity index (χ3v) is 3.91. The number of hydrogen-bond acceptors (Lipinski definition) is 3. The lowest BCUT2D eigenvalue weighted by atomic mass is 10.1. The maximum atomic E-state index is 13.5. The van der Waals surface area contributed by atoms with Crippen molar-refractivity contribution in [3.8, 4) is 0 Å². The van der Waals surface area contributed by atoms with Gasteiger partial charge in [-0.05, 0) is 24.8 Å². The van der Waals surface area contributed by atoms with E-state index in [1.54, 1.807) is 7.05 Å². The first-order valence-corrected chi connectivity index (χ1v) is 7.67. The first-order chi connectivity index (χ1) is 10.0. The minimum absolute atomic E-state index is 0.119. The van der Waals surface area contributed by atoms with Crippen LogP contribution in [0.3, 0.4) is 0 Å². The van der Waals surface area contributed by atoms with Gasteiger partial charge in [-0.3, -0.25) is 4.79 Å². The lowest BCUT2D eigenvalue weighted by molar-refractivity contribution is 0.0655. The van der Waals surface area contributed by atoms with Crippen LogP contribution in [0.4, 0.5) is 10.2 Å². The Hall–Kier alpha value is -1.65. The van der Waals surface area contributed by atoms with Gasteiger partial charge in [0.05, 0.1) is 11.8 Å². The van der Waals surface area contributed by atoms with Crippen LogP contribution in [0.5, 0.6) is 0 Å². The van der Waals surface area contributed by atoms with Gasteiger partial charge in [0.1, 0.15) is 11.6 Å². The molecule has 1 aliphatic rings. The summed E-state index contributed by atoms with van der Waals surface area (Å²) >= 11 is 0. The zero-order valence-electron chi connectivity index (χ0n) is 13.0. The molecule has 1 aromatic heterocycles. The quantitative estimate of drug-likeness (QED) is 0.906. The molecule has 1 heterocycles. The Labute approximate surface area is 125 Å². The molecule has 1 aliphatic carbocycles. The van der Waals surface area contributed by atoms with E-state index in [2.05, 4.69) is 24.1 Å². The first kappa shape index (κ1) is 15.7. The molecular formula is C16H24FN3O. The smallest absolute Gasteiger partial charge is 0.257 e. The molecule has 0 spiro atoms. The van der Waals surface area contributed by atoms with E-state index in [1.165, 1.54) is 6.07 Å². The van der Waals surface area contributed by atoms with Crippen molar-refractivity contribution in [2.75, 3.05) is 18.9 Å². The number of nitrogens with one attached hydrogen (secondary N) is 1. The summed E-state index contributed by atoms with van der Waals surface area (Å²) in [5, 5.41) is 2.88. The molecule has 1 saturated carbocycles. The van der Waals surface area contributed by atoms with Gasteiger partial charge < -0.3 is 10.2 Å². The van der Waals surface area contributed by atoms with Crippen molar-refractivity contribution in [3.63, 3.8) is 0 Å². The van der Waals surface area contributed by atoms with Crippen LogP contribution >= 0.6 is 0 Å². The van der Waals surface area contributed by atoms with Crippen LogP contribution in [-0.4, -0.2) is 35.4 Å². The van der Waals surface area contributed by atoms with E-state index in [4.69, 9.17) is 0 Å². The summed E-state index contributed by atoms with van der Waals surface area (Å²) in [6.07, 6.45) is 5.52. The molecule has 0 bridgehead atoms. The third kappa shape index (κ3) is 3.71. The molecule has 5 heteroatoms. The highest BCUT2D eigenvalue weighted by atomic mass is 19.1. The third-order valence-electron chi connectivity index (χ3n) is 3.91. The summed E-state index contributed by atoms with van der Waals surface area (Å²) in [4.78, 5) is 18.8. The Kier molecular flexibility index (Phi) is 5.15. The number of carbonyl (C=O) groups is 1. The van der Waals surface area contributed by atoms with Crippen molar-refractivity contribution < 1.29 is 9.18 Å². The van der Waals surface area contributed by atoms with Gasteiger partial charge in [-0.1, -0.05) is 26.7 Å². The summed E-state index contributed by atoms with van der Waals surface area (Å²) in [7, 11) is 1.69. The van der Waals surface area contributed by atoms with Crippen LogP contribution < -0.4 is 5.32 Å². The maximum Gasteiger partial charge on any atom is 0.257 e. The Morgan fingerprint density at radius 3 is 2.71 bits per heavy atom. The molecular weight excluding hydrogens is 269 g/mol. The number of amides is 1. The number of pyridine rings is 1. The topological polar surface area (TPSA) is 45.2 Å². The van der Waals surface area contributed by atoms with E-state index in [0.29, 0.717) is 23.8 Å². The normalized spacial score (nSPS) is 15.5. The van der Waals surface area contributed by atoms with Gasteiger partial charge in [-0.2, -0.15) is 0 Å². The van der Waals surface area contributed by atoms with E-state index >= 15 is 0 Å². The van der Waals surface area contributed by atoms with E-state index < -0.39 is 5.82 Å². The standard InChI is InChI=1S/C16H24FN3O/c1-11(2)10-20(13-6-4-5-7-13)16(21)14-8-12(17)9-19-15(14)18-3/h8-9,11,13H,4-7,10H2,1-3H3,(H,18,19). The van der Waals surface area contributed by atoms with Gasteiger partial charge in [0, 0.05) is 19.6 Å². The lowest BCUT2D eigenvalue weighted by Crippen LogP contribution is -2.41. The highest BCUT2D eigenvalue weighted by Gasteiger charge is 2.29. The molecule has 0 atom stereocenters. The lowest BCUT2D eigenvalue weighted by Gasteiger charge is -2.31. The second-order valence-corrected chi connectivity index (χ2v) is 6.09. The average molecular weight is 293 g/mol. The molecule has 1 amide bonds. The Morgan fingerprint density at radius 1 is 1.48 bits per heavy atom. The van der Waals surface area contributed by atoms with Crippen molar-refractivity contribution in [2.24, 2.45) is 5.92 Å². The summed E-state index contributed by atoms with van der Waals surface area (Å²) < 4.78 is 13.5. The molecule has 1 aromatic rings. The van der Waals surface area contributed by atoms with Gasteiger partial charge in [-0.25, -0.2) is 9.37 Å². The molecule has 2 rings (SSSR count). The summed E-state index contributed by atoms with van der Waals surface area (Å²) in [5.74, 6) is 0.225. The van der Waals surface area contributed by atoms with E-state index in [1.807, 2.05) is 4.90 Å². The zero-order chi connectivity index (χ0) is 15.4. The molecule has 0 unspecified atom stereocenters. The summed E-state index contributed by atoms with van der Waals surface area (Å²) in [5.41, 5.74) is 0.324. The van der Waals surface area contributed by atoms with E-state index in [9.17, 15) is 9.18 Å². The van der Waals surface area contributed by atoms with E-state index in [-0.39, 0.29) is 11.9 Å². The van der Waals surface area contributed by atoms with Crippen molar-refractivity contribution in [2.45, 2.75) is 45.6 Å². The molecule has 0 radical (unpaired) electrons. The number of aromatic nitrogens is 1. The minimum atomic E-state index is -0.478. The molecule has 1 fully saturated rings. The average Bonchev–Trinajstić information content (AvgIpc) is 2.97.